The van der Waals surface area contributed by atoms with E-state index in [1.165, 1.54) is 22.7 Å². The van der Waals surface area contributed by atoms with Crippen LogP contribution >= 0.6 is 11.3 Å². The van der Waals surface area contributed by atoms with E-state index in [9.17, 15) is 32.5 Å². The first kappa shape index (κ1) is 23.5. The van der Waals surface area contributed by atoms with Crippen LogP contribution in [0.15, 0.2) is 23.2 Å². The quantitative estimate of drug-likeness (QED) is 0.126. The first-order valence-electron chi connectivity index (χ1n) is 9.67. The first-order chi connectivity index (χ1) is 16.0. The molecule has 1 saturated heterocycles. The molecule has 2 aromatic heterocycles. The molecule has 2 aliphatic rings. The van der Waals surface area contributed by atoms with E-state index in [4.69, 9.17) is 10.6 Å². The van der Waals surface area contributed by atoms with Gasteiger partial charge in [-0.15, -0.1) is 11.3 Å². The van der Waals surface area contributed by atoms with Gasteiger partial charge in [0.1, 0.15) is 24.4 Å². The smallest absolute Gasteiger partial charge is 0.362 e. The third-order valence-corrected chi connectivity index (χ3v) is 7.01. The van der Waals surface area contributed by atoms with Gasteiger partial charge in [-0.3, -0.25) is 18.8 Å². The Kier molecular flexibility index (Phi) is 5.96. The zero-order valence-electron chi connectivity index (χ0n) is 17.1. The summed E-state index contributed by atoms with van der Waals surface area (Å²) < 4.78 is 34.1. The predicted molar refractivity (Wildman–Crippen MR) is 113 cm³/mol. The molecule has 34 heavy (non-hydrogen) atoms. The highest BCUT2D eigenvalue weighted by Gasteiger charge is 2.54. The minimum Gasteiger partial charge on any atom is -0.478 e. The van der Waals surface area contributed by atoms with Crippen LogP contribution in [-0.2, 0) is 36.1 Å². The van der Waals surface area contributed by atoms with Crippen molar-refractivity contribution in [3.8, 4) is 0 Å². The lowest BCUT2D eigenvalue weighted by atomic mass is 9.80. The second-order valence-electron chi connectivity index (χ2n) is 7.50. The standard InChI is InChI=1S/C16H18N8O8S2/c17-15-20-8(5-33-15)10(22-32-16(14(27)28)2-1-3-16)12(25)21-11-9(4-23-7-18-6-19-23)24(13(11)26)34(29,30)31/h5-7,9,11H,1-4H2,(H2,17,20)(H,21,25)(H,27,28)(H,29,30,31)/b22-10-/t9-,11+/m1/s1. The maximum absolute atomic E-state index is 13.0. The molecule has 5 N–H and O–H groups in total. The topological polar surface area (TPSA) is 232 Å². The molecule has 0 aromatic carbocycles. The van der Waals surface area contributed by atoms with E-state index >= 15 is 0 Å². The molecule has 16 nitrogen and oxygen atoms in total. The summed E-state index contributed by atoms with van der Waals surface area (Å²) in [5.41, 5.74) is 3.54. The van der Waals surface area contributed by atoms with Crippen molar-refractivity contribution in [1.29, 1.82) is 0 Å². The molecule has 18 heteroatoms. The Hall–Kier alpha value is -3.64. The van der Waals surface area contributed by atoms with Crippen molar-refractivity contribution in [2.24, 2.45) is 5.16 Å². The van der Waals surface area contributed by atoms with Crippen molar-refractivity contribution in [2.75, 3.05) is 5.73 Å². The number of nitrogen functional groups attached to an aromatic ring is 1. The lowest BCUT2D eigenvalue weighted by Gasteiger charge is -2.43. The molecule has 2 atom stereocenters. The highest BCUT2D eigenvalue weighted by atomic mass is 32.2. The van der Waals surface area contributed by atoms with E-state index in [0.717, 1.165) is 11.3 Å². The third-order valence-electron chi connectivity index (χ3n) is 5.39. The molecule has 4 rings (SSSR count). The summed E-state index contributed by atoms with van der Waals surface area (Å²) in [4.78, 5) is 49.9. The fourth-order valence-electron chi connectivity index (χ4n) is 3.44. The number of thiazole rings is 1. The second kappa shape index (κ2) is 8.61. The van der Waals surface area contributed by atoms with E-state index in [2.05, 4.69) is 25.5 Å². The van der Waals surface area contributed by atoms with E-state index in [1.54, 1.807) is 0 Å². The second-order valence-corrected chi connectivity index (χ2v) is 9.68. The molecule has 1 aliphatic heterocycles. The Morgan fingerprint density at radius 2 is 2.15 bits per heavy atom. The van der Waals surface area contributed by atoms with Crippen LogP contribution in [-0.4, -0.2) is 83.3 Å². The number of aliphatic carboxylic acids is 1. The van der Waals surface area contributed by atoms with Gasteiger partial charge in [0.15, 0.2) is 10.8 Å². The molecule has 0 radical (unpaired) electrons. The Morgan fingerprint density at radius 3 is 2.65 bits per heavy atom. The predicted octanol–water partition coefficient (Wildman–Crippen LogP) is -1.76. The number of aromatic nitrogens is 4. The van der Waals surface area contributed by atoms with Crippen molar-refractivity contribution in [1.82, 2.24) is 29.4 Å². The molecule has 0 spiro atoms. The minimum atomic E-state index is -4.92. The summed E-state index contributed by atoms with van der Waals surface area (Å²) in [6.45, 7) is -0.217. The van der Waals surface area contributed by atoms with Gasteiger partial charge in [0, 0.05) is 18.2 Å². The number of rotatable bonds is 9. The van der Waals surface area contributed by atoms with E-state index in [-0.39, 0.29) is 34.5 Å². The van der Waals surface area contributed by atoms with Gasteiger partial charge in [-0.25, -0.2) is 19.1 Å². The van der Waals surface area contributed by atoms with Crippen LogP contribution in [0.25, 0.3) is 0 Å². The zero-order chi connectivity index (χ0) is 24.7. The number of hydrogen-bond donors (Lipinski definition) is 4. The van der Waals surface area contributed by atoms with E-state index < -0.39 is 51.5 Å². The maximum atomic E-state index is 13.0. The van der Waals surface area contributed by atoms with Crippen LogP contribution in [0.3, 0.4) is 0 Å². The van der Waals surface area contributed by atoms with Gasteiger partial charge in [0.25, 0.3) is 11.8 Å². The number of amides is 2. The fourth-order valence-corrected chi connectivity index (χ4v) is 4.86. The normalized spacial score (nSPS) is 22.0. The Balaban J connectivity index is 1.59. The average molecular weight is 515 g/mol. The van der Waals surface area contributed by atoms with Crippen LogP contribution in [0.4, 0.5) is 5.13 Å². The zero-order valence-corrected chi connectivity index (χ0v) is 18.8. The number of hydrogen-bond acceptors (Lipinski definition) is 12. The number of carboxylic acid groups (broad SMARTS) is 1. The number of nitrogens with zero attached hydrogens (tertiary/aromatic N) is 6. The van der Waals surface area contributed by atoms with Crippen molar-refractivity contribution in [3.05, 3.63) is 23.7 Å². The lowest BCUT2D eigenvalue weighted by molar-refractivity contribution is -0.178. The highest BCUT2D eigenvalue weighted by molar-refractivity contribution is 7.84. The van der Waals surface area contributed by atoms with Crippen LogP contribution in [0.1, 0.15) is 25.0 Å². The number of anilines is 1. The Labute approximate surface area is 195 Å². The van der Waals surface area contributed by atoms with Crippen molar-refractivity contribution in [3.63, 3.8) is 0 Å². The van der Waals surface area contributed by atoms with Crippen LogP contribution < -0.4 is 11.1 Å². The van der Waals surface area contributed by atoms with E-state index in [1.807, 2.05) is 0 Å². The number of nitrogens with two attached hydrogens (primary N) is 1. The molecular weight excluding hydrogens is 496 g/mol. The van der Waals surface area contributed by atoms with Gasteiger partial charge in [0.2, 0.25) is 5.60 Å². The molecule has 1 aliphatic carbocycles. The summed E-state index contributed by atoms with van der Waals surface area (Å²) in [5.74, 6) is -3.34. The molecule has 2 fully saturated rings. The molecule has 1 saturated carbocycles. The summed E-state index contributed by atoms with van der Waals surface area (Å²) >= 11 is 0.984. The minimum absolute atomic E-state index is 0.0360. The van der Waals surface area contributed by atoms with Crippen LogP contribution in [0.5, 0.6) is 0 Å². The van der Waals surface area contributed by atoms with Crippen LogP contribution in [0.2, 0.25) is 0 Å². The van der Waals surface area contributed by atoms with Crippen molar-refractivity contribution < 1.29 is 37.3 Å². The monoisotopic (exact) mass is 514 g/mol. The average Bonchev–Trinajstić information content (AvgIpc) is 3.38. The lowest BCUT2D eigenvalue weighted by Crippen LogP contribution is -2.73. The number of oxime groups is 1. The summed E-state index contributed by atoms with van der Waals surface area (Å²) in [5, 5.41) is 20.8. The van der Waals surface area contributed by atoms with Gasteiger partial charge < -0.3 is 21.0 Å². The van der Waals surface area contributed by atoms with Gasteiger partial charge in [-0.2, -0.15) is 13.5 Å². The first-order valence-corrected chi connectivity index (χ1v) is 11.9. The van der Waals surface area contributed by atoms with Crippen LogP contribution in [0, 0.1) is 0 Å². The van der Waals surface area contributed by atoms with Gasteiger partial charge in [-0.05, 0) is 6.42 Å². The molecule has 2 aromatic rings. The highest BCUT2D eigenvalue weighted by Crippen LogP contribution is 2.36. The molecule has 0 unspecified atom stereocenters. The maximum Gasteiger partial charge on any atom is 0.362 e. The van der Waals surface area contributed by atoms with E-state index in [0.29, 0.717) is 6.42 Å². The van der Waals surface area contributed by atoms with Crippen molar-refractivity contribution in [2.45, 2.75) is 43.5 Å². The van der Waals surface area contributed by atoms with Gasteiger partial charge in [0.05, 0.1) is 12.6 Å². The third kappa shape index (κ3) is 4.29. The molecule has 182 valence electrons. The molecule has 2 amide bonds. The molecular formula is C16H18N8O8S2. The number of carbonyl (C=O) groups excluding carboxylic acids is 2. The Bertz CT molecular complexity index is 1250. The summed E-state index contributed by atoms with van der Waals surface area (Å²) in [6, 6.07) is -2.62. The summed E-state index contributed by atoms with van der Waals surface area (Å²) in [7, 11) is -4.92. The SMILES string of the molecule is Nc1nc(/C(=N/OC2(C(=O)O)CCC2)C(=O)N[C@@H]2C(=O)N(S(=O)(=O)O)[C@@H]2Cn2cncn2)cs1. The fraction of sp³-hybridized carbons (Fsp3) is 0.438. The van der Waals surface area contributed by atoms with Gasteiger partial charge >= 0.3 is 16.3 Å². The Morgan fingerprint density at radius 1 is 1.41 bits per heavy atom. The number of carbonyl (C=O) groups is 3. The number of nitrogens with one attached hydrogen (secondary N) is 1. The van der Waals surface area contributed by atoms with Crippen molar-refractivity contribution >= 4 is 50.3 Å². The largest absolute Gasteiger partial charge is 0.478 e. The molecule has 3 heterocycles. The molecule has 0 bridgehead atoms. The number of β-lactam (4-membered cyclic amide) rings is 1. The van der Waals surface area contributed by atoms with Gasteiger partial charge in [-0.1, -0.05) is 5.16 Å². The summed E-state index contributed by atoms with van der Waals surface area (Å²) in [6.07, 6.45) is 3.40. The number of carboxylic acids is 1.